The van der Waals surface area contributed by atoms with Crippen LogP contribution in [0.3, 0.4) is 0 Å². The molecule has 0 spiro atoms. The van der Waals surface area contributed by atoms with E-state index in [0.717, 1.165) is 4.68 Å². The summed E-state index contributed by atoms with van der Waals surface area (Å²) in [6.45, 7) is -1.74. The van der Waals surface area contributed by atoms with Crippen LogP contribution in [0.25, 0.3) is 0 Å². The van der Waals surface area contributed by atoms with E-state index in [1.807, 2.05) is 0 Å². The molecule has 1 aromatic heterocycles. The second kappa shape index (κ2) is 7.14. The minimum atomic E-state index is -4.39. The van der Waals surface area contributed by atoms with Crippen LogP contribution in [-0.2, 0) is 11.5 Å². The Morgan fingerprint density at radius 1 is 1.35 bits per heavy atom. The molecular formula is C14H14F3N3O3. The Labute approximate surface area is 129 Å². The van der Waals surface area contributed by atoms with Gasteiger partial charge in [0.05, 0.1) is 30.8 Å². The lowest BCUT2D eigenvalue weighted by Gasteiger charge is -2.08. The van der Waals surface area contributed by atoms with Crippen LogP contribution in [0, 0.1) is 0 Å². The smallest absolute Gasteiger partial charge is 0.411 e. The van der Waals surface area contributed by atoms with Gasteiger partial charge in [-0.05, 0) is 12.1 Å². The van der Waals surface area contributed by atoms with Crippen molar-refractivity contribution in [3.63, 3.8) is 0 Å². The first-order valence-electron chi connectivity index (χ1n) is 6.50. The molecule has 6 nitrogen and oxygen atoms in total. The summed E-state index contributed by atoms with van der Waals surface area (Å²) in [7, 11) is 1.45. The highest BCUT2D eigenvalue weighted by Crippen LogP contribution is 2.19. The van der Waals surface area contributed by atoms with Gasteiger partial charge in [0.15, 0.2) is 0 Å². The maximum atomic E-state index is 12.1. The summed E-state index contributed by atoms with van der Waals surface area (Å²) in [5.74, 6) is -0.0101. The molecule has 1 heterocycles. The maximum Gasteiger partial charge on any atom is 0.411 e. The maximum absolute atomic E-state index is 12.1. The van der Waals surface area contributed by atoms with Crippen LogP contribution < -0.4 is 10.1 Å². The minimum absolute atomic E-state index is 0.330. The van der Waals surface area contributed by atoms with E-state index in [4.69, 9.17) is 4.74 Å². The number of amides is 1. The first kappa shape index (κ1) is 16.8. The van der Waals surface area contributed by atoms with Crippen molar-refractivity contribution in [1.29, 1.82) is 0 Å². The Morgan fingerprint density at radius 3 is 2.78 bits per heavy atom. The molecule has 0 bridgehead atoms. The van der Waals surface area contributed by atoms with Crippen molar-refractivity contribution >= 4 is 11.6 Å². The van der Waals surface area contributed by atoms with Crippen LogP contribution in [0.2, 0.25) is 0 Å². The number of hydrogen-bond acceptors (Lipinski definition) is 4. The number of alkyl halides is 3. The fraction of sp³-hybridized carbons (Fsp3) is 0.286. The lowest BCUT2D eigenvalue weighted by molar-refractivity contribution is -0.182. The Morgan fingerprint density at radius 2 is 2.09 bits per heavy atom. The first-order chi connectivity index (χ1) is 10.9. The quantitative estimate of drug-likeness (QED) is 0.885. The van der Waals surface area contributed by atoms with Crippen LogP contribution in [-0.4, -0.2) is 35.6 Å². The van der Waals surface area contributed by atoms with E-state index >= 15 is 0 Å². The van der Waals surface area contributed by atoms with Crippen LogP contribution in [0.5, 0.6) is 5.75 Å². The predicted molar refractivity (Wildman–Crippen MR) is 75.2 cm³/mol. The number of hydrogen-bond donors (Lipinski definition) is 1. The molecule has 0 radical (unpaired) electrons. The number of methoxy groups -OCH3 is 1. The van der Waals surface area contributed by atoms with E-state index in [-0.39, 0.29) is 6.73 Å². The number of rotatable bonds is 6. The first-order valence-corrected chi connectivity index (χ1v) is 6.50. The van der Waals surface area contributed by atoms with Crippen LogP contribution >= 0.6 is 0 Å². The second-order valence-electron chi connectivity index (χ2n) is 4.52. The topological polar surface area (TPSA) is 65.4 Å². The Balaban J connectivity index is 1.95. The van der Waals surface area contributed by atoms with E-state index in [0.29, 0.717) is 17.0 Å². The molecule has 1 amide bonds. The molecule has 0 aliphatic carbocycles. The van der Waals surface area contributed by atoms with Crippen molar-refractivity contribution in [2.24, 2.45) is 0 Å². The number of carbonyl (C=O) groups is 1. The third-order valence-corrected chi connectivity index (χ3v) is 2.73. The number of aromatic nitrogens is 2. The van der Waals surface area contributed by atoms with Gasteiger partial charge in [0.2, 0.25) is 0 Å². The van der Waals surface area contributed by atoms with Gasteiger partial charge >= 0.3 is 6.18 Å². The van der Waals surface area contributed by atoms with Gasteiger partial charge in [-0.3, -0.25) is 4.79 Å². The third kappa shape index (κ3) is 4.99. The van der Waals surface area contributed by atoms with Crippen molar-refractivity contribution in [3.8, 4) is 5.75 Å². The summed E-state index contributed by atoms with van der Waals surface area (Å²) in [4.78, 5) is 12.1. The van der Waals surface area contributed by atoms with E-state index in [2.05, 4.69) is 15.2 Å². The number of halogens is 3. The van der Waals surface area contributed by atoms with E-state index in [1.165, 1.54) is 19.5 Å². The molecule has 0 aliphatic heterocycles. The predicted octanol–water partition coefficient (Wildman–Crippen LogP) is 2.68. The highest BCUT2D eigenvalue weighted by Gasteiger charge is 2.27. The number of para-hydroxylation sites is 1. The van der Waals surface area contributed by atoms with E-state index < -0.39 is 18.7 Å². The Hall–Kier alpha value is -2.55. The minimum Gasteiger partial charge on any atom is -0.496 e. The van der Waals surface area contributed by atoms with Crippen molar-refractivity contribution in [2.75, 3.05) is 19.0 Å². The molecule has 0 saturated carbocycles. The zero-order valence-electron chi connectivity index (χ0n) is 12.1. The van der Waals surface area contributed by atoms with Gasteiger partial charge in [-0.25, -0.2) is 4.68 Å². The third-order valence-electron chi connectivity index (χ3n) is 2.73. The molecule has 0 unspecified atom stereocenters. The van der Waals surface area contributed by atoms with Gasteiger partial charge in [-0.2, -0.15) is 18.3 Å². The van der Waals surface area contributed by atoms with Gasteiger partial charge < -0.3 is 14.8 Å². The van der Waals surface area contributed by atoms with Gasteiger partial charge in [0, 0.05) is 0 Å². The van der Waals surface area contributed by atoms with Crippen molar-refractivity contribution in [3.05, 3.63) is 42.2 Å². The van der Waals surface area contributed by atoms with Crippen molar-refractivity contribution in [2.45, 2.75) is 12.9 Å². The standard InChI is InChI=1S/C14H14F3N3O3/c1-22-12-5-3-2-4-11(12)13(21)19-10-6-18-20(7-10)9-23-8-14(15,16)17/h2-7H,8-9H2,1H3,(H,19,21). The normalized spacial score (nSPS) is 11.3. The van der Waals surface area contributed by atoms with Gasteiger partial charge in [-0.1, -0.05) is 12.1 Å². The van der Waals surface area contributed by atoms with Gasteiger partial charge in [0.25, 0.3) is 5.91 Å². The summed E-state index contributed by atoms with van der Waals surface area (Å²) in [6, 6.07) is 6.64. The monoisotopic (exact) mass is 329 g/mol. The molecule has 1 N–H and O–H groups in total. The van der Waals surface area contributed by atoms with E-state index in [1.54, 1.807) is 24.3 Å². The average molecular weight is 329 g/mol. The highest BCUT2D eigenvalue weighted by atomic mass is 19.4. The summed E-state index contributed by atoms with van der Waals surface area (Å²) in [5, 5.41) is 6.38. The molecule has 0 aliphatic rings. The van der Waals surface area contributed by atoms with Crippen LogP contribution in [0.4, 0.5) is 18.9 Å². The second-order valence-corrected chi connectivity index (χ2v) is 4.52. The lowest BCUT2D eigenvalue weighted by atomic mass is 10.2. The Bertz CT molecular complexity index is 671. The summed E-state index contributed by atoms with van der Waals surface area (Å²) in [6.07, 6.45) is -1.72. The largest absolute Gasteiger partial charge is 0.496 e. The zero-order valence-corrected chi connectivity index (χ0v) is 12.1. The fourth-order valence-corrected chi connectivity index (χ4v) is 1.78. The summed E-state index contributed by atoms with van der Waals surface area (Å²) in [5.41, 5.74) is 0.660. The van der Waals surface area contributed by atoms with E-state index in [9.17, 15) is 18.0 Å². The number of ether oxygens (including phenoxy) is 2. The van der Waals surface area contributed by atoms with Gasteiger partial charge in [-0.15, -0.1) is 0 Å². The molecule has 2 rings (SSSR count). The van der Waals surface area contributed by atoms with Crippen molar-refractivity contribution in [1.82, 2.24) is 9.78 Å². The van der Waals surface area contributed by atoms with Gasteiger partial charge in [0.1, 0.15) is 19.1 Å². The number of anilines is 1. The van der Waals surface area contributed by atoms with Crippen LogP contribution in [0.1, 0.15) is 10.4 Å². The van der Waals surface area contributed by atoms with Crippen molar-refractivity contribution < 1.29 is 27.4 Å². The summed E-state index contributed by atoms with van der Waals surface area (Å²) >= 11 is 0. The number of nitrogens with one attached hydrogen (secondary N) is 1. The average Bonchev–Trinajstić information content (AvgIpc) is 2.93. The lowest BCUT2D eigenvalue weighted by Crippen LogP contribution is -2.18. The zero-order chi connectivity index (χ0) is 16.9. The molecule has 0 fully saturated rings. The molecule has 124 valence electrons. The SMILES string of the molecule is COc1ccccc1C(=O)Nc1cnn(COCC(F)(F)F)c1. The molecule has 9 heteroatoms. The number of carbonyl (C=O) groups excluding carboxylic acids is 1. The van der Waals surface area contributed by atoms with Crippen LogP contribution in [0.15, 0.2) is 36.7 Å². The molecular weight excluding hydrogens is 315 g/mol. The highest BCUT2D eigenvalue weighted by molar-refractivity contribution is 6.06. The molecule has 23 heavy (non-hydrogen) atoms. The number of nitrogens with zero attached hydrogens (tertiary/aromatic N) is 2. The molecule has 0 atom stereocenters. The Kier molecular flexibility index (Phi) is 5.22. The number of benzene rings is 1. The molecule has 0 saturated heterocycles. The molecule has 2 aromatic rings. The fourth-order valence-electron chi connectivity index (χ4n) is 1.78. The molecule has 1 aromatic carbocycles. The summed E-state index contributed by atoms with van der Waals surface area (Å²) < 4.78 is 46.6.